The number of hydrogen-bond donors (Lipinski definition) is 4. The van der Waals surface area contributed by atoms with Crippen LogP contribution in [0.4, 0.5) is 0 Å². The van der Waals surface area contributed by atoms with Gasteiger partial charge >= 0.3 is 0 Å². The molecule has 0 saturated carbocycles. The summed E-state index contributed by atoms with van der Waals surface area (Å²) in [4.78, 5) is 26.8. The molecule has 0 radical (unpaired) electrons. The molecule has 5 N–H and O–H groups in total. The molecule has 0 aromatic heterocycles. The molecule has 3 rings (SSSR count). The van der Waals surface area contributed by atoms with Crippen LogP contribution in [0.3, 0.4) is 0 Å². The van der Waals surface area contributed by atoms with Crippen LogP contribution in [0.1, 0.15) is 41.5 Å². The van der Waals surface area contributed by atoms with E-state index in [4.69, 9.17) is 10.5 Å². The number of halogens is 1. The molecule has 2 atom stereocenters. The summed E-state index contributed by atoms with van der Waals surface area (Å²) in [5.41, 5.74) is 8.10. The molecule has 0 fully saturated rings. The normalized spacial score (nSPS) is 12.2. The Bertz CT molecular complexity index is 1030. The van der Waals surface area contributed by atoms with Crippen molar-refractivity contribution in [2.75, 3.05) is 20.3 Å². The van der Waals surface area contributed by atoms with Gasteiger partial charge in [0.2, 0.25) is 11.8 Å². The number of benzene rings is 3. The van der Waals surface area contributed by atoms with E-state index in [0.717, 1.165) is 16.7 Å². The summed E-state index contributed by atoms with van der Waals surface area (Å²) in [5.74, 6) is -0.537. The molecular weight excluding hydrogens is 478 g/mol. The lowest BCUT2D eigenvalue weighted by molar-refractivity contribution is -0.130. The van der Waals surface area contributed by atoms with Crippen molar-refractivity contribution in [3.8, 4) is 5.75 Å². The summed E-state index contributed by atoms with van der Waals surface area (Å²) in [7, 11) is 1.57. The van der Waals surface area contributed by atoms with E-state index in [1.807, 2.05) is 60.7 Å². The van der Waals surface area contributed by atoms with Crippen LogP contribution in [0.15, 0.2) is 84.9 Å². The van der Waals surface area contributed by atoms with Crippen LogP contribution in [-0.2, 0) is 9.59 Å². The zero-order chi connectivity index (χ0) is 25.0. The Labute approximate surface area is 218 Å². The Kier molecular flexibility index (Phi) is 11.9. The maximum Gasteiger partial charge on any atom is 0.243 e. The van der Waals surface area contributed by atoms with Crippen molar-refractivity contribution in [1.29, 1.82) is 0 Å². The molecule has 0 aliphatic rings. The summed E-state index contributed by atoms with van der Waals surface area (Å²) < 4.78 is 5.18. The van der Waals surface area contributed by atoms with Gasteiger partial charge in [-0.15, -0.1) is 12.4 Å². The van der Waals surface area contributed by atoms with Gasteiger partial charge in [0.1, 0.15) is 11.8 Å². The van der Waals surface area contributed by atoms with Crippen LogP contribution in [-0.4, -0.2) is 43.2 Å². The fourth-order valence-corrected chi connectivity index (χ4v) is 3.97. The number of ether oxygens (including phenoxy) is 1. The van der Waals surface area contributed by atoms with Gasteiger partial charge in [-0.25, -0.2) is 0 Å². The van der Waals surface area contributed by atoms with Crippen LogP contribution in [0.2, 0.25) is 0 Å². The average Bonchev–Trinajstić information content (AvgIpc) is 2.91. The first-order valence-corrected chi connectivity index (χ1v) is 11.7. The predicted molar refractivity (Wildman–Crippen MR) is 143 cm³/mol. The summed E-state index contributed by atoms with van der Waals surface area (Å²) in [6.45, 7) is 0.106. The molecular formula is C28H34ClN3O4. The van der Waals surface area contributed by atoms with Gasteiger partial charge in [-0.2, -0.15) is 0 Å². The van der Waals surface area contributed by atoms with Crippen LogP contribution >= 0.6 is 12.4 Å². The fraction of sp³-hybridized carbons (Fsp3) is 0.286. The fourth-order valence-electron chi connectivity index (χ4n) is 3.97. The molecule has 36 heavy (non-hydrogen) atoms. The molecule has 0 spiro atoms. The molecule has 3 aromatic rings. The summed E-state index contributed by atoms with van der Waals surface area (Å²) in [6, 6.07) is 24.6. The van der Waals surface area contributed by atoms with Crippen LogP contribution in [0.5, 0.6) is 5.75 Å². The molecule has 0 unspecified atom stereocenters. The van der Waals surface area contributed by atoms with Crippen molar-refractivity contribution in [1.82, 2.24) is 10.6 Å². The number of aliphatic hydroxyl groups excluding tert-OH is 1. The van der Waals surface area contributed by atoms with E-state index in [-0.39, 0.29) is 30.8 Å². The maximum atomic E-state index is 13.5. The summed E-state index contributed by atoms with van der Waals surface area (Å²) in [5, 5.41) is 15.7. The van der Waals surface area contributed by atoms with Crippen LogP contribution in [0.25, 0.3) is 0 Å². The largest absolute Gasteiger partial charge is 0.497 e. The molecule has 0 aliphatic carbocycles. The first kappa shape index (κ1) is 28.8. The van der Waals surface area contributed by atoms with E-state index in [9.17, 15) is 14.7 Å². The molecule has 2 amide bonds. The third kappa shape index (κ3) is 7.81. The van der Waals surface area contributed by atoms with Crippen molar-refractivity contribution in [2.24, 2.45) is 5.73 Å². The topological polar surface area (TPSA) is 114 Å². The maximum absolute atomic E-state index is 13.5. The van der Waals surface area contributed by atoms with Crippen molar-refractivity contribution in [2.45, 2.75) is 30.8 Å². The number of methoxy groups -OCH3 is 1. The van der Waals surface area contributed by atoms with E-state index in [2.05, 4.69) is 10.6 Å². The van der Waals surface area contributed by atoms with Gasteiger partial charge in [0.15, 0.2) is 0 Å². The molecule has 0 saturated heterocycles. The molecule has 8 heteroatoms. The first-order chi connectivity index (χ1) is 17.1. The molecule has 0 bridgehead atoms. The van der Waals surface area contributed by atoms with E-state index in [1.165, 1.54) is 0 Å². The van der Waals surface area contributed by atoms with Gasteiger partial charge in [0.25, 0.3) is 0 Å². The van der Waals surface area contributed by atoms with Crippen molar-refractivity contribution in [3.63, 3.8) is 0 Å². The number of amides is 2. The number of carbonyl (C=O) groups excluding carboxylic acids is 2. The highest BCUT2D eigenvalue weighted by Crippen LogP contribution is 2.25. The lowest BCUT2D eigenvalue weighted by Crippen LogP contribution is -2.49. The second kappa shape index (κ2) is 14.9. The number of nitrogens with two attached hydrogens (primary N) is 1. The van der Waals surface area contributed by atoms with Gasteiger partial charge in [0.05, 0.1) is 25.7 Å². The number of carbonyl (C=O) groups is 2. The van der Waals surface area contributed by atoms with Gasteiger partial charge in [-0.1, -0.05) is 72.8 Å². The Hall–Kier alpha value is -3.39. The van der Waals surface area contributed by atoms with Gasteiger partial charge < -0.3 is 26.2 Å². The van der Waals surface area contributed by atoms with E-state index in [1.54, 1.807) is 31.4 Å². The van der Waals surface area contributed by atoms with E-state index in [0.29, 0.717) is 25.1 Å². The number of nitrogens with one attached hydrogen (secondary N) is 2. The van der Waals surface area contributed by atoms with E-state index < -0.39 is 18.0 Å². The third-order valence-corrected chi connectivity index (χ3v) is 5.88. The molecule has 3 aromatic carbocycles. The van der Waals surface area contributed by atoms with Crippen molar-refractivity contribution in [3.05, 3.63) is 102 Å². The Morgan fingerprint density at radius 2 is 1.39 bits per heavy atom. The van der Waals surface area contributed by atoms with Gasteiger partial charge in [0, 0.05) is 0 Å². The monoisotopic (exact) mass is 511 g/mol. The predicted octanol–water partition coefficient (Wildman–Crippen LogP) is 3.32. The molecule has 0 aliphatic heterocycles. The quantitative estimate of drug-likeness (QED) is 0.298. The highest BCUT2D eigenvalue weighted by molar-refractivity contribution is 5.92. The smallest absolute Gasteiger partial charge is 0.243 e. The standard InChI is InChI=1S/C28H33N3O4.ClH/c1-35-23-16-14-20(15-17-23)25(19-32)31-27(33)24(13-8-18-29)30-28(34)26(21-9-4-2-5-10-21)22-11-6-3-7-12-22;/h2-7,9-12,14-17,24-26,32H,8,13,18-19,29H2,1H3,(H,30,34)(H,31,33);1H/t24-,25-;/m0./s1. The second-order valence-corrected chi connectivity index (χ2v) is 8.26. The number of hydrogen-bond acceptors (Lipinski definition) is 5. The Balaban J connectivity index is 0.00000456. The van der Waals surface area contributed by atoms with Crippen molar-refractivity contribution < 1.29 is 19.4 Å². The Morgan fingerprint density at radius 3 is 1.86 bits per heavy atom. The summed E-state index contributed by atoms with van der Waals surface area (Å²) in [6.07, 6.45) is 0.942. The highest BCUT2D eigenvalue weighted by Gasteiger charge is 2.28. The minimum atomic E-state index is -0.798. The van der Waals surface area contributed by atoms with E-state index >= 15 is 0 Å². The first-order valence-electron chi connectivity index (χ1n) is 11.7. The van der Waals surface area contributed by atoms with Crippen LogP contribution in [0, 0.1) is 0 Å². The Morgan fingerprint density at radius 1 is 0.833 bits per heavy atom. The number of aliphatic hydroxyl groups is 1. The highest BCUT2D eigenvalue weighted by atomic mass is 35.5. The SMILES string of the molecule is COc1ccc([C@H](CO)NC(=O)[C@H](CCCN)NC(=O)C(c2ccccc2)c2ccccc2)cc1.Cl. The summed E-state index contributed by atoms with van der Waals surface area (Å²) >= 11 is 0. The lowest BCUT2D eigenvalue weighted by Gasteiger charge is -2.25. The number of rotatable bonds is 12. The second-order valence-electron chi connectivity index (χ2n) is 8.26. The van der Waals surface area contributed by atoms with Gasteiger partial charge in [-0.05, 0) is 48.2 Å². The lowest BCUT2D eigenvalue weighted by atomic mass is 9.90. The van der Waals surface area contributed by atoms with Crippen molar-refractivity contribution >= 4 is 24.2 Å². The third-order valence-electron chi connectivity index (χ3n) is 5.88. The minimum Gasteiger partial charge on any atom is -0.497 e. The zero-order valence-electron chi connectivity index (χ0n) is 20.3. The molecule has 192 valence electrons. The molecule has 0 heterocycles. The van der Waals surface area contributed by atoms with Crippen LogP contribution < -0.4 is 21.1 Å². The molecule has 7 nitrogen and oxygen atoms in total. The average molecular weight is 512 g/mol. The minimum absolute atomic E-state index is 0. The zero-order valence-corrected chi connectivity index (χ0v) is 21.1. The van der Waals surface area contributed by atoms with Gasteiger partial charge in [-0.3, -0.25) is 9.59 Å².